The maximum atomic E-state index is 12.8. The number of pyridine rings is 1. The molecule has 4 rings (SSSR count). The van der Waals surface area contributed by atoms with Gasteiger partial charge in [0.25, 0.3) is 5.91 Å². The van der Waals surface area contributed by atoms with Crippen LogP contribution in [0.2, 0.25) is 0 Å². The van der Waals surface area contributed by atoms with Crippen LogP contribution in [0.1, 0.15) is 27.0 Å². The summed E-state index contributed by atoms with van der Waals surface area (Å²) in [6.45, 7) is 4.79. The summed E-state index contributed by atoms with van der Waals surface area (Å²) in [5, 5.41) is 1.15. The molecule has 2 heterocycles. The number of hydrogen-bond acceptors (Lipinski definition) is 2. The van der Waals surface area contributed by atoms with Crippen LogP contribution in [0.25, 0.3) is 10.9 Å². The number of hydrogen-bond donors (Lipinski definition) is 0. The SMILES string of the molecule is Cc1cccc(C(=O)N2CCc3cc4cc(C)ccc4nc32)c1. The molecule has 0 saturated heterocycles. The van der Waals surface area contributed by atoms with Crippen molar-refractivity contribution in [1.29, 1.82) is 0 Å². The molecular formula is C20H18N2O. The van der Waals surface area contributed by atoms with E-state index in [0.29, 0.717) is 6.54 Å². The van der Waals surface area contributed by atoms with Gasteiger partial charge < -0.3 is 0 Å². The summed E-state index contributed by atoms with van der Waals surface area (Å²) in [7, 11) is 0. The van der Waals surface area contributed by atoms with Gasteiger partial charge in [-0.15, -0.1) is 0 Å². The van der Waals surface area contributed by atoms with Crippen LogP contribution in [0.3, 0.4) is 0 Å². The Bertz CT molecular complexity index is 930. The lowest BCUT2D eigenvalue weighted by atomic mass is 10.1. The van der Waals surface area contributed by atoms with E-state index in [1.165, 1.54) is 5.56 Å². The van der Waals surface area contributed by atoms with Crippen LogP contribution in [0.4, 0.5) is 5.82 Å². The predicted octanol–water partition coefficient (Wildman–Crippen LogP) is 4.05. The Morgan fingerprint density at radius 1 is 1.04 bits per heavy atom. The Hall–Kier alpha value is -2.68. The number of fused-ring (bicyclic) bond motifs is 2. The van der Waals surface area contributed by atoms with Crippen molar-refractivity contribution >= 4 is 22.6 Å². The van der Waals surface area contributed by atoms with Crippen molar-refractivity contribution in [2.45, 2.75) is 20.3 Å². The molecule has 0 N–H and O–H groups in total. The zero-order valence-electron chi connectivity index (χ0n) is 13.3. The second-order valence-corrected chi connectivity index (χ2v) is 6.24. The minimum atomic E-state index is 0.0337. The molecule has 0 saturated carbocycles. The number of nitrogens with zero attached hydrogens (tertiary/aromatic N) is 2. The normalized spacial score (nSPS) is 13.4. The number of rotatable bonds is 1. The molecule has 1 aliphatic heterocycles. The second-order valence-electron chi connectivity index (χ2n) is 6.24. The first-order chi connectivity index (χ1) is 11.1. The third kappa shape index (κ3) is 2.38. The lowest BCUT2D eigenvalue weighted by molar-refractivity contribution is 0.0988. The quantitative estimate of drug-likeness (QED) is 0.679. The molecule has 0 radical (unpaired) electrons. The molecule has 0 atom stereocenters. The van der Waals surface area contributed by atoms with E-state index in [1.807, 2.05) is 42.2 Å². The molecule has 3 nitrogen and oxygen atoms in total. The average Bonchev–Trinajstić information content (AvgIpc) is 2.94. The smallest absolute Gasteiger partial charge is 0.259 e. The fraction of sp³-hybridized carbons (Fsp3) is 0.200. The van der Waals surface area contributed by atoms with E-state index in [-0.39, 0.29) is 5.91 Å². The Morgan fingerprint density at radius 3 is 2.70 bits per heavy atom. The van der Waals surface area contributed by atoms with Crippen molar-refractivity contribution < 1.29 is 4.79 Å². The molecule has 1 aliphatic rings. The maximum Gasteiger partial charge on any atom is 0.259 e. The maximum absolute atomic E-state index is 12.8. The van der Waals surface area contributed by atoms with Crippen molar-refractivity contribution in [2.24, 2.45) is 0 Å². The van der Waals surface area contributed by atoms with Crippen LogP contribution in [0.15, 0.2) is 48.5 Å². The van der Waals surface area contributed by atoms with Gasteiger partial charge in [0.2, 0.25) is 0 Å². The molecule has 3 heteroatoms. The number of aromatic nitrogens is 1. The lowest BCUT2D eigenvalue weighted by Gasteiger charge is -2.17. The molecule has 0 spiro atoms. The third-order valence-electron chi connectivity index (χ3n) is 4.40. The van der Waals surface area contributed by atoms with E-state index in [0.717, 1.165) is 39.8 Å². The molecule has 114 valence electrons. The monoisotopic (exact) mass is 302 g/mol. The van der Waals surface area contributed by atoms with E-state index in [9.17, 15) is 4.79 Å². The van der Waals surface area contributed by atoms with Gasteiger partial charge in [0.05, 0.1) is 5.52 Å². The number of carbonyl (C=O) groups is 1. The molecule has 0 bridgehead atoms. The van der Waals surface area contributed by atoms with Gasteiger partial charge in [0, 0.05) is 17.5 Å². The molecule has 0 aliphatic carbocycles. The van der Waals surface area contributed by atoms with Gasteiger partial charge in [-0.25, -0.2) is 4.98 Å². The minimum Gasteiger partial charge on any atom is -0.292 e. The molecule has 0 unspecified atom stereocenters. The van der Waals surface area contributed by atoms with Gasteiger partial charge in [0.15, 0.2) is 0 Å². The van der Waals surface area contributed by atoms with E-state index < -0.39 is 0 Å². The summed E-state index contributed by atoms with van der Waals surface area (Å²) >= 11 is 0. The van der Waals surface area contributed by atoms with E-state index in [4.69, 9.17) is 4.98 Å². The number of aryl methyl sites for hydroxylation is 2. The molecule has 1 aromatic heterocycles. The molecule has 3 aromatic rings. The van der Waals surface area contributed by atoms with E-state index in [1.54, 1.807) is 0 Å². The van der Waals surface area contributed by atoms with Gasteiger partial charge in [-0.3, -0.25) is 9.69 Å². The van der Waals surface area contributed by atoms with Crippen molar-refractivity contribution in [3.05, 3.63) is 70.8 Å². The van der Waals surface area contributed by atoms with Crippen LogP contribution in [-0.2, 0) is 6.42 Å². The highest BCUT2D eigenvalue weighted by Crippen LogP contribution is 2.30. The molecule has 0 fully saturated rings. The first-order valence-corrected chi connectivity index (χ1v) is 7.91. The molecule has 2 aromatic carbocycles. The number of amides is 1. The number of carbonyl (C=O) groups excluding carboxylic acids is 1. The predicted molar refractivity (Wildman–Crippen MR) is 93.0 cm³/mol. The summed E-state index contributed by atoms with van der Waals surface area (Å²) in [6, 6.07) is 16.1. The highest BCUT2D eigenvalue weighted by molar-refractivity contribution is 6.07. The Morgan fingerprint density at radius 2 is 1.87 bits per heavy atom. The zero-order valence-corrected chi connectivity index (χ0v) is 13.3. The summed E-state index contributed by atoms with van der Waals surface area (Å²) in [6.07, 6.45) is 0.865. The molecule has 1 amide bonds. The Balaban J connectivity index is 1.77. The first-order valence-electron chi connectivity index (χ1n) is 7.91. The fourth-order valence-corrected chi connectivity index (χ4v) is 3.22. The first kappa shape index (κ1) is 13.9. The lowest BCUT2D eigenvalue weighted by Crippen LogP contribution is -2.29. The average molecular weight is 302 g/mol. The highest BCUT2D eigenvalue weighted by Gasteiger charge is 2.27. The molecular weight excluding hydrogens is 284 g/mol. The van der Waals surface area contributed by atoms with Crippen molar-refractivity contribution in [1.82, 2.24) is 4.98 Å². The largest absolute Gasteiger partial charge is 0.292 e. The molecule has 23 heavy (non-hydrogen) atoms. The fourth-order valence-electron chi connectivity index (χ4n) is 3.22. The second kappa shape index (κ2) is 5.20. The van der Waals surface area contributed by atoms with Gasteiger partial charge in [-0.2, -0.15) is 0 Å². The van der Waals surface area contributed by atoms with Gasteiger partial charge in [0.1, 0.15) is 5.82 Å². The summed E-state index contributed by atoms with van der Waals surface area (Å²) < 4.78 is 0. The van der Waals surface area contributed by atoms with E-state index in [2.05, 4.69) is 25.1 Å². The standard InChI is InChI=1S/C20H18N2O/c1-13-4-3-5-16(10-13)20(23)22-9-8-15-12-17-11-14(2)6-7-18(17)21-19(15)22/h3-7,10-12H,8-9H2,1-2H3. The van der Waals surface area contributed by atoms with Crippen LogP contribution < -0.4 is 4.90 Å². The summed E-state index contributed by atoms with van der Waals surface area (Å²) in [5.41, 5.74) is 5.15. The summed E-state index contributed by atoms with van der Waals surface area (Å²) in [4.78, 5) is 19.4. The Kier molecular flexibility index (Phi) is 3.15. The van der Waals surface area contributed by atoms with Crippen LogP contribution in [-0.4, -0.2) is 17.4 Å². The van der Waals surface area contributed by atoms with E-state index >= 15 is 0 Å². The summed E-state index contributed by atoms with van der Waals surface area (Å²) in [5.74, 6) is 0.847. The van der Waals surface area contributed by atoms with Gasteiger partial charge in [-0.1, -0.05) is 29.3 Å². The van der Waals surface area contributed by atoms with Gasteiger partial charge in [-0.05, 0) is 56.2 Å². The zero-order chi connectivity index (χ0) is 16.0. The minimum absolute atomic E-state index is 0.0337. The third-order valence-corrected chi connectivity index (χ3v) is 4.40. The van der Waals surface area contributed by atoms with Crippen molar-refractivity contribution in [3.8, 4) is 0 Å². The number of anilines is 1. The highest BCUT2D eigenvalue weighted by atomic mass is 16.2. The van der Waals surface area contributed by atoms with Gasteiger partial charge >= 0.3 is 0 Å². The van der Waals surface area contributed by atoms with Crippen LogP contribution in [0.5, 0.6) is 0 Å². The number of benzene rings is 2. The topological polar surface area (TPSA) is 33.2 Å². The van der Waals surface area contributed by atoms with Crippen LogP contribution in [0, 0.1) is 13.8 Å². The van der Waals surface area contributed by atoms with Crippen molar-refractivity contribution in [3.63, 3.8) is 0 Å². The Labute approximate surface area is 135 Å². The van der Waals surface area contributed by atoms with Crippen LogP contribution >= 0.6 is 0 Å². The van der Waals surface area contributed by atoms with Crippen molar-refractivity contribution in [2.75, 3.05) is 11.4 Å².